The summed E-state index contributed by atoms with van der Waals surface area (Å²) >= 11 is 0. The summed E-state index contributed by atoms with van der Waals surface area (Å²) in [5.41, 5.74) is -2.71. The molecule has 1 heterocycles. The zero-order chi connectivity index (χ0) is 13.2. The lowest BCUT2D eigenvalue weighted by atomic mass is 10.1. The van der Waals surface area contributed by atoms with Crippen molar-refractivity contribution < 1.29 is 23.6 Å². The molecule has 1 aromatic rings. The van der Waals surface area contributed by atoms with Crippen molar-refractivity contribution in [1.82, 2.24) is 4.98 Å². The molecule has 0 spiro atoms. The Morgan fingerprint density at radius 3 is 2.59 bits per heavy atom. The number of carbonyl (C=O) groups is 1. The third kappa shape index (κ3) is 2.31. The highest BCUT2D eigenvalue weighted by atomic mass is 19.3. The quantitative estimate of drug-likeness (QED) is 0.634. The van der Waals surface area contributed by atoms with E-state index in [9.17, 15) is 23.7 Å². The van der Waals surface area contributed by atoms with Crippen LogP contribution in [0.3, 0.4) is 0 Å². The maximum absolute atomic E-state index is 12.4. The molecular weight excluding hydrogens is 240 g/mol. The number of aromatic carboxylic acids is 1. The zero-order valence-corrected chi connectivity index (χ0v) is 7.92. The summed E-state index contributed by atoms with van der Waals surface area (Å²) in [5.74, 6) is -2.88. The average Bonchev–Trinajstić information content (AvgIpc) is 2.26. The maximum atomic E-state index is 12.4. The van der Waals surface area contributed by atoms with Crippen molar-refractivity contribution in [2.75, 3.05) is 0 Å². The lowest BCUT2D eigenvalue weighted by Crippen LogP contribution is -2.08. The molecule has 0 atom stereocenters. The van der Waals surface area contributed by atoms with Gasteiger partial charge in [0, 0.05) is 0 Å². The van der Waals surface area contributed by atoms with Crippen molar-refractivity contribution >= 4 is 11.8 Å². The first-order chi connectivity index (χ1) is 7.88. The Balaban J connectivity index is 3.61. The Morgan fingerprint density at radius 2 is 2.24 bits per heavy atom. The van der Waals surface area contributed by atoms with E-state index in [1.165, 1.54) is 6.07 Å². The number of hydrogen-bond acceptors (Lipinski definition) is 5. The van der Waals surface area contributed by atoms with Crippen LogP contribution in [0.2, 0.25) is 0 Å². The number of nitriles is 1. The van der Waals surface area contributed by atoms with Crippen LogP contribution in [0.4, 0.5) is 14.6 Å². The summed E-state index contributed by atoms with van der Waals surface area (Å²) < 4.78 is 24.9. The van der Waals surface area contributed by atoms with Gasteiger partial charge in [-0.25, -0.2) is 13.6 Å². The molecule has 0 aromatic carbocycles. The maximum Gasteiger partial charge on any atom is 0.373 e. The monoisotopic (exact) mass is 243 g/mol. The van der Waals surface area contributed by atoms with Crippen LogP contribution in [0.25, 0.3) is 0 Å². The molecule has 0 radical (unpaired) electrons. The molecule has 0 unspecified atom stereocenters. The molecule has 1 N–H and O–H groups in total. The molecule has 1 rings (SSSR count). The van der Waals surface area contributed by atoms with Crippen LogP contribution < -0.4 is 0 Å². The van der Waals surface area contributed by atoms with Gasteiger partial charge in [-0.05, 0) is 16.0 Å². The van der Waals surface area contributed by atoms with Gasteiger partial charge in [0.25, 0.3) is 12.1 Å². The lowest BCUT2D eigenvalue weighted by molar-refractivity contribution is -0.391. The van der Waals surface area contributed by atoms with E-state index >= 15 is 0 Å². The number of hydrogen-bond donors (Lipinski definition) is 1. The largest absolute Gasteiger partial charge is 0.478 e. The fourth-order valence-corrected chi connectivity index (χ4v) is 1.07. The van der Waals surface area contributed by atoms with Crippen molar-refractivity contribution in [3.05, 3.63) is 33.0 Å². The average molecular weight is 243 g/mol. The highest BCUT2D eigenvalue weighted by Gasteiger charge is 2.29. The predicted molar refractivity (Wildman–Crippen MR) is 47.5 cm³/mol. The van der Waals surface area contributed by atoms with Gasteiger partial charge in [-0.3, -0.25) is 0 Å². The second-order valence-corrected chi connectivity index (χ2v) is 2.77. The summed E-state index contributed by atoms with van der Waals surface area (Å²) in [5, 5.41) is 27.6. The number of nitrogens with zero attached hydrogens (tertiary/aromatic N) is 3. The molecule has 0 aliphatic rings. The molecule has 0 fully saturated rings. The summed E-state index contributed by atoms with van der Waals surface area (Å²) in [6.07, 6.45) is -3.26. The van der Waals surface area contributed by atoms with Gasteiger partial charge in [0.05, 0.1) is 0 Å². The van der Waals surface area contributed by atoms with Gasteiger partial charge in [-0.2, -0.15) is 5.26 Å². The van der Waals surface area contributed by atoms with Gasteiger partial charge in [-0.1, -0.05) is 0 Å². The summed E-state index contributed by atoms with van der Waals surface area (Å²) in [6, 6.07) is 1.68. The first kappa shape index (κ1) is 12.4. The molecular formula is C8H3F2N3O4. The van der Waals surface area contributed by atoms with Crippen molar-refractivity contribution in [2.45, 2.75) is 6.43 Å². The molecule has 17 heavy (non-hydrogen) atoms. The van der Waals surface area contributed by atoms with Crippen molar-refractivity contribution in [3.63, 3.8) is 0 Å². The Labute approximate surface area is 92.1 Å². The predicted octanol–water partition coefficient (Wildman–Crippen LogP) is 1.50. The molecule has 0 aliphatic heterocycles. The number of halogens is 2. The van der Waals surface area contributed by atoms with Crippen molar-refractivity contribution in [3.8, 4) is 6.07 Å². The molecule has 0 amide bonds. The van der Waals surface area contributed by atoms with Gasteiger partial charge in [0.1, 0.15) is 17.2 Å². The summed E-state index contributed by atoms with van der Waals surface area (Å²) in [7, 11) is 0. The van der Waals surface area contributed by atoms with E-state index in [0.29, 0.717) is 6.07 Å². The topological polar surface area (TPSA) is 117 Å². The smallest absolute Gasteiger partial charge is 0.373 e. The van der Waals surface area contributed by atoms with E-state index in [4.69, 9.17) is 10.4 Å². The minimum absolute atomic E-state index is 0.386. The second-order valence-electron chi connectivity index (χ2n) is 2.77. The van der Waals surface area contributed by atoms with Gasteiger partial charge >= 0.3 is 11.8 Å². The van der Waals surface area contributed by atoms with Crippen molar-refractivity contribution in [2.24, 2.45) is 0 Å². The highest BCUT2D eigenvalue weighted by Crippen LogP contribution is 2.29. The first-order valence-corrected chi connectivity index (χ1v) is 3.99. The molecule has 88 valence electrons. The van der Waals surface area contributed by atoms with E-state index in [2.05, 4.69) is 4.98 Å². The molecule has 1 aromatic heterocycles. The number of alkyl halides is 2. The van der Waals surface area contributed by atoms with Crippen LogP contribution in [0.15, 0.2) is 6.07 Å². The summed E-state index contributed by atoms with van der Waals surface area (Å²) in [6.45, 7) is 0. The Hall–Kier alpha value is -2.63. The van der Waals surface area contributed by atoms with Crippen LogP contribution in [-0.4, -0.2) is 21.0 Å². The van der Waals surface area contributed by atoms with Gasteiger partial charge in [-0.15, -0.1) is 0 Å². The van der Waals surface area contributed by atoms with E-state index in [1.807, 2.05) is 0 Å². The molecule has 7 nitrogen and oxygen atoms in total. The number of carboxylic acid groups (broad SMARTS) is 1. The molecule has 0 saturated heterocycles. The minimum Gasteiger partial charge on any atom is -0.478 e. The molecule has 0 bridgehead atoms. The fraction of sp³-hybridized carbons (Fsp3) is 0.125. The van der Waals surface area contributed by atoms with Crippen molar-refractivity contribution in [1.29, 1.82) is 5.26 Å². The van der Waals surface area contributed by atoms with E-state index in [0.717, 1.165) is 0 Å². The lowest BCUT2D eigenvalue weighted by Gasteiger charge is -2.02. The van der Waals surface area contributed by atoms with Crippen LogP contribution >= 0.6 is 0 Å². The van der Waals surface area contributed by atoms with Crippen LogP contribution in [0, 0.1) is 21.4 Å². The third-order valence-electron chi connectivity index (χ3n) is 1.78. The number of rotatable bonds is 3. The number of carboxylic acids is 1. The third-order valence-corrected chi connectivity index (χ3v) is 1.78. The Morgan fingerprint density at radius 1 is 1.65 bits per heavy atom. The van der Waals surface area contributed by atoms with Crippen LogP contribution in [0.5, 0.6) is 0 Å². The second kappa shape index (κ2) is 4.48. The number of nitro groups is 1. The van der Waals surface area contributed by atoms with Crippen LogP contribution in [-0.2, 0) is 0 Å². The molecule has 0 saturated carbocycles. The van der Waals surface area contributed by atoms with E-state index in [1.54, 1.807) is 0 Å². The van der Waals surface area contributed by atoms with E-state index < -0.39 is 40.0 Å². The molecule has 9 heteroatoms. The van der Waals surface area contributed by atoms with Gasteiger partial charge in [0.15, 0.2) is 0 Å². The Kier molecular flexibility index (Phi) is 3.28. The first-order valence-electron chi connectivity index (χ1n) is 3.99. The zero-order valence-electron chi connectivity index (χ0n) is 7.92. The SMILES string of the molecule is N#Cc1nc([N+](=O)[O-])c(C(F)F)cc1C(=O)O. The summed E-state index contributed by atoms with van der Waals surface area (Å²) in [4.78, 5) is 22.9. The van der Waals surface area contributed by atoms with Crippen LogP contribution in [0.1, 0.15) is 28.0 Å². The number of aromatic nitrogens is 1. The number of pyridine rings is 1. The van der Waals surface area contributed by atoms with E-state index in [-0.39, 0.29) is 0 Å². The molecule has 0 aliphatic carbocycles. The standard InChI is InChI=1S/C8H3F2N3O4/c9-6(10)4-1-3(8(14)15)5(2-11)12-7(4)13(16)17/h1,6H,(H,14,15). The normalized spacial score (nSPS) is 10.0. The minimum atomic E-state index is -3.26. The highest BCUT2D eigenvalue weighted by molar-refractivity contribution is 5.90. The fourth-order valence-electron chi connectivity index (χ4n) is 1.07. The van der Waals surface area contributed by atoms with Gasteiger partial charge in [0.2, 0.25) is 0 Å². The van der Waals surface area contributed by atoms with Gasteiger partial charge < -0.3 is 15.2 Å². The Bertz CT molecular complexity index is 538.